The molecule has 4 nitrogen and oxygen atoms in total. The Kier molecular flexibility index (Phi) is 5.77. The van der Waals surface area contributed by atoms with Crippen molar-refractivity contribution < 1.29 is 14.3 Å². The normalized spacial score (nSPS) is 11.6. The first kappa shape index (κ1) is 17.0. The zero-order valence-electron chi connectivity index (χ0n) is 13.0. The van der Waals surface area contributed by atoms with E-state index in [4.69, 9.17) is 16.3 Å². The highest BCUT2D eigenvalue weighted by molar-refractivity contribution is 6.31. The molecule has 0 bridgehead atoms. The largest absolute Gasteiger partial charge is 0.483 e. The third-order valence-corrected chi connectivity index (χ3v) is 3.72. The molecule has 0 saturated heterocycles. The highest BCUT2D eigenvalue weighted by Crippen LogP contribution is 2.22. The van der Waals surface area contributed by atoms with Crippen molar-refractivity contribution in [3.05, 3.63) is 64.7 Å². The third-order valence-electron chi connectivity index (χ3n) is 3.37. The van der Waals surface area contributed by atoms with Gasteiger partial charge in [0.1, 0.15) is 5.75 Å². The number of nitrogens with one attached hydrogen (secondary N) is 1. The van der Waals surface area contributed by atoms with Crippen LogP contribution in [-0.2, 0) is 4.79 Å². The zero-order chi connectivity index (χ0) is 16.8. The Hall–Kier alpha value is -2.33. The van der Waals surface area contributed by atoms with Crippen LogP contribution in [0.25, 0.3) is 0 Å². The van der Waals surface area contributed by atoms with Gasteiger partial charge in [0.05, 0.1) is 11.6 Å². The van der Waals surface area contributed by atoms with Gasteiger partial charge < -0.3 is 10.1 Å². The first-order valence-corrected chi connectivity index (χ1v) is 7.63. The van der Waals surface area contributed by atoms with E-state index in [2.05, 4.69) is 5.32 Å². The molecule has 5 heteroatoms. The molecule has 2 rings (SSSR count). The van der Waals surface area contributed by atoms with Crippen LogP contribution in [0.5, 0.6) is 5.75 Å². The van der Waals surface area contributed by atoms with Gasteiger partial charge >= 0.3 is 0 Å². The van der Waals surface area contributed by atoms with Gasteiger partial charge in [-0.05, 0) is 37.6 Å². The number of benzene rings is 2. The molecule has 0 aliphatic heterocycles. The van der Waals surface area contributed by atoms with Crippen molar-refractivity contribution in [1.82, 2.24) is 5.32 Å². The smallest absolute Gasteiger partial charge is 0.258 e. The Balaban J connectivity index is 1.96. The second-order valence-electron chi connectivity index (χ2n) is 5.15. The molecule has 120 valence electrons. The zero-order valence-corrected chi connectivity index (χ0v) is 13.8. The molecule has 1 amide bonds. The van der Waals surface area contributed by atoms with Crippen LogP contribution in [0.2, 0.25) is 5.02 Å². The van der Waals surface area contributed by atoms with Gasteiger partial charge in [0.15, 0.2) is 12.4 Å². The molecule has 1 atom stereocenters. The number of rotatable bonds is 6. The lowest BCUT2D eigenvalue weighted by molar-refractivity contribution is -0.123. The highest BCUT2D eigenvalue weighted by atomic mass is 35.5. The van der Waals surface area contributed by atoms with Crippen molar-refractivity contribution in [2.45, 2.75) is 19.9 Å². The van der Waals surface area contributed by atoms with Gasteiger partial charge in [0.25, 0.3) is 5.91 Å². The van der Waals surface area contributed by atoms with E-state index in [9.17, 15) is 9.59 Å². The van der Waals surface area contributed by atoms with E-state index in [-0.39, 0.29) is 24.3 Å². The summed E-state index contributed by atoms with van der Waals surface area (Å²) in [6.45, 7) is 3.14. The minimum absolute atomic E-state index is 0.106. The molecule has 0 aromatic heterocycles. The minimum atomic E-state index is -0.282. The average molecular weight is 332 g/mol. The van der Waals surface area contributed by atoms with Crippen LogP contribution in [0.4, 0.5) is 0 Å². The van der Waals surface area contributed by atoms with Crippen molar-refractivity contribution in [3.8, 4) is 5.75 Å². The van der Waals surface area contributed by atoms with Crippen LogP contribution in [0.15, 0.2) is 48.5 Å². The van der Waals surface area contributed by atoms with Crippen molar-refractivity contribution >= 4 is 23.3 Å². The summed E-state index contributed by atoms with van der Waals surface area (Å²) in [5.41, 5.74) is 1.30. The first-order valence-electron chi connectivity index (χ1n) is 7.25. The fraction of sp³-hybridized carbons (Fsp3) is 0.222. The standard InChI is InChI=1S/C18H18ClNO3/c1-12(14-7-3-5-9-16(14)19)20-18(22)11-23-17-10-6-4-8-15(17)13(2)21/h3-10,12H,11H2,1-2H3,(H,20,22)/t12-/m0/s1. The topological polar surface area (TPSA) is 55.4 Å². The van der Waals surface area contributed by atoms with Crippen molar-refractivity contribution in [2.24, 2.45) is 0 Å². The van der Waals surface area contributed by atoms with Crippen LogP contribution in [0.1, 0.15) is 35.8 Å². The summed E-state index contributed by atoms with van der Waals surface area (Å²) in [7, 11) is 0. The monoisotopic (exact) mass is 331 g/mol. The number of carbonyl (C=O) groups is 2. The number of amides is 1. The molecule has 0 spiro atoms. The maximum absolute atomic E-state index is 12.0. The van der Waals surface area contributed by atoms with E-state index in [0.29, 0.717) is 16.3 Å². The third kappa shape index (κ3) is 4.57. The summed E-state index contributed by atoms with van der Waals surface area (Å²) >= 11 is 6.11. The van der Waals surface area contributed by atoms with Crippen LogP contribution < -0.4 is 10.1 Å². The van der Waals surface area contributed by atoms with E-state index < -0.39 is 0 Å². The quantitative estimate of drug-likeness (QED) is 0.819. The second-order valence-corrected chi connectivity index (χ2v) is 5.56. The molecular formula is C18H18ClNO3. The number of halogens is 1. The Labute approximate surface area is 140 Å². The van der Waals surface area contributed by atoms with Crippen LogP contribution in [0.3, 0.4) is 0 Å². The number of Topliss-reactive ketones (excluding diaryl/α,β-unsaturated/α-hetero) is 1. The number of ketones is 1. The van der Waals surface area contributed by atoms with Crippen molar-refractivity contribution in [3.63, 3.8) is 0 Å². The van der Waals surface area contributed by atoms with E-state index in [1.165, 1.54) is 6.92 Å². The van der Waals surface area contributed by atoms with Gasteiger partial charge in [0.2, 0.25) is 0 Å². The average Bonchev–Trinajstić information content (AvgIpc) is 2.53. The summed E-state index contributed by atoms with van der Waals surface area (Å²) in [5.74, 6) is 0.0155. The Morgan fingerprint density at radius 1 is 1.13 bits per heavy atom. The molecule has 0 fully saturated rings. The van der Waals surface area contributed by atoms with Crippen molar-refractivity contribution in [2.75, 3.05) is 6.61 Å². The Morgan fingerprint density at radius 3 is 2.48 bits per heavy atom. The van der Waals surface area contributed by atoms with Gasteiger partial charge in [-0.25, -0.2) is 0 Å². The number of hydrogen-bond donors (Lipinski definition) is 1. The van der Waals surface area contributed by atoms with Gasteiger partial charge in [0, 0.05) is 5.02 Å². The minimum Gasteiger partial charge on any atom is -0.483 e. The van der Waals surface area contributed by atoms with Gasteiger partial charge in [-0.3, -0.25) is 9.59 Å². The molecule has 2 aromatic carbocycles. The predicted octanol–water partition coefficient (Wildman–Crippen LogP) is 3.80. The highest BCUT2D eigenvalue weighted by Gasteiger charge is 2.14. The fourth-order valence-electron chi connectivity index (χ4n) is 2.21. The first-order chi connectivity index (χ1) is 11.0. The van der Waals surface area contributed by atoms with E-state index in [1.807, 2.05) is 25.1 Å². The van der Waals surface area contributed by atoms with Crippen LogP contribution >= 0.6 is 11.6 Å². The van der Waals surface area contributed by atoms with E-state index >= 15 is 0 Å². The van der Waals surface area contributed by atoms with E-state index in [1.54, 1.807) is 30.3 Å². The molecule has 23 heavy (non-hydrogen) atoms. The van der Waals surface area contributed by atoms with Gasteiger partial charge in [-0.15, -0.1) is 0 Å². The van der Waals surface area contributed by atoms with Crippen LogP contribution in [-0.4, -0.2) is 18.3 Å². The summed E-state index contributed by atoms with van der Waals surface area (Å²) in [6, 6.07) is 13.9. The molecule has 1 N–H and O–H groups in total. The van der Waals surface area contributed by atoms with Gasteiger partial charge in [-0.1, -0.05) is 41.9 Å². The summed E-state index contributed by atoms with van der Waals surface area (Å²) < 4.78 is 5.46. The number of carbonyl (C=O) groups excluding carboxylic acids is 2. The molecule has 0 aliphatic carbocycles. The van der Waals surface area contributed by atoms with Crippen LogP contribution in [0, 0.1) is 0 Å². The molecule has 2 aromatic rings. The Bertz CT molecular complexity index is 715. The van der Waals surface area contributed by atoms with Crippen molar-refractivity contribution in [1.29, 1.82) is 0 Å². The molecule has 0 unspecified atom stereocenters. The molecule has 0 heterocycles. The summed E-state index contributed by atoms with van der Waals surface area (Å²) in [6.07, 6.45) is 0. The van der Waals surface area contributed by atoms with E-state index in [0.717, 1.165) is 5.56 Å². The molecule has 0 radical (unpaired) electrons. The maximum Gasteiger partial charge on any atom is 0.258 e. The number of ether oxygens (including phenoxy) is 1. The lowest BCUT2D eigenvalue weighted by Crippen LogP contribution is -2.31. The Morgan fingerprint density at radius 2 is 1.78 bits per heavy atom. The predicted molar refractivity (Wildman–Crippen MR) is 90.0 cm³/mol. The number of hydrogen-bond acceptors (Lipinski definition) is 3. The lowest BCUT2D eigenvalue weighted by Gasteiger charge is -2.16. The lowest BCUT2D eigenvalue weighted by atomic mass is 10.1. The fourth-order valence-corrected chi connectivity index (χ4v) is 2.51. The molecular weight excluding hydrogens is 314 g/mol. The second kappa shape index (κ2) is 7.79. The summed E-state index contributed by atoms with van der Waals surface area (Å²) in [5, 5.41) is 3.42. The number of para-hydroxylation sites is 1. The SMILES string of the molecule is CC(=O)c1ccccc1OCC(=O)N[C@@H](C)c1ccccc1Cl. The maximum atomic E-state index is 12.0. The molecule has 0 aliphatic rings. The summed E-state index contributed by atoms with van der Waals surface area (Å²) in [4.78, 5) is 23.5. The molecule has 0 saturated carbocycles. The van der Waals surface area contributed by atoms with Gasteiger partial charge in [-0.2, -0.15) is 0 Å².